The monoisotopic (exact) mass is 562 g/mol. The van der Waals surface area contributed by atoms with Gasteiger partial charge in [-0.05, 0) is 45.9 Å². The molecule has 2 aliphatic heterocycles. The van der Waals surface area contributed by atoms with E-state index in [1.807, 2.05) is 18.2 Å². The number of benzene rings is 1. The lowest BCUT2D eigenvalue weighted by atomic mass is 9.95. The largest absolute Gasteiger partial charge is 0.488 e. The van der Waals surface area contributed by atoms with E-state index in [2.05, 4.69) is 61.1 Å². The SMILES string of the molecule is CCNC(=NCc1ccccc1OC(C)(C)C)NCC1(N2CCOCC2)CCSC1.I. The van der Waals surface area contributed by atoms with Gasteiger partial charge in [0.1, 0.15) is 11.4 Å². The summed E-state index contributed by atoms with van der Waals surface area (Å²) in [6.07, 6.45) is 1.21. The van der Waals surface area contributed by atoms with E-state index in [4.69, 9.17) is 14.5 Å². The molecular formula is C23H39IN4O2S. The highest BCUT2D eigenvalue weighted by molar-refractivity contribution is 14.0. The van der Waals surface area contributed by atoms with Crippen LogP contribution in [0.15, 0.2) is 29.3 Å². The number of halogens is 1. The zero-order valence-corrected chi connectivity index (χ0v) is 22.6. The molecule has 1 atom stereocenters. The Morgan fingerprint density at radius 2 is 1.97 bits per heavy atom. The van der Waals surface area contributed by atoms with Crippen molar-refractivity contribution in [1.29, 1.82) is 0 Å². The predicted octanol–water partition coefficient (Wildman–Crippen LogP) is 3.74. The maximum atomic E-state index is 6.13. The van der Waals surface area contributed by atoms with E-state index in [0.29, 0.717) is 6.54 Å². The molecule has 31 heavy (non-hydrogen) atoms. The number of hydrogen-bond donors (Lipinski definition) is 2. The summed E-state index contributed by atoms with van der Waals surface area (Å²) in [7, 11) is 0. The van der Waals surface area contributed by atoms with Gasteiger partial charge in [0.25, 0.3) is 0 Å². The van der Waals surface area contributed by atoms with Gasteiger partial charge in [-0.15, -0.1) is 24.0 Å². The molecule has 2 N–H and O–H groups in total. The number of thioether (sulfide) groups is 1. The van der Waals surface area contributed by atoms with Crippen molar-refractivity contribution in [2.75, 3.05) is 50.9 Å². The number of guanidine groups is 1. The van der Waals surface area contributed by atoms with E-state index in [1.54, 1.807) is 0 Å². The fourth-order valence-corrected chi connectivity index (χ4v) is 5.43. The molecule has 3 rings (SSSR count). The van der Waals surface area contributed by atoms with Crippen molar-refractivity contribution in [2.24, 2.45) is 4.99 Å². The summed E-state index contributed by atoms with van der Waals surface area (Å²) in [4.78, 5) is 7.50. The van der Waals surface area contributed by atoms with Crippen LogP contribution in [0.25, 0.3) is 0 Å². The molecule has 0 saturated carbocycles. The van der Waals surface area contributed by atoms with E-state index in [9.17, 15) is 0 Å². The van der Waals surface area contributed by atoms with Crippen LogP contribution in [0.2, 0.25) is 0 Å². The second kappa shape index (κ2) is 12.5. The van der Waals surface area contributed by atoms with Crippen molar-refractivity contribution in [3.63, 3.8) is 0 Å². The van der Waals surface area contributed by atoms with Crippen LogP contribution in [0.3, 0.4) is 0 Å². The Labute approximate surface area is 209 Å². The van der Waals surface area contributed by atoms with Gasteiger partial charge in [-0.3, -0.25) is 4.90 Å². The molecule has 2 saturated heterocycles. The molecule has 176 valence electrons. The molecule has 8 heteroatoms. The number of nitrogens with zero attached hydrogens (tertiary/aromatic N) is 2. The summed E-state index contributed by atoms with van der Waals surface area (Å²) in [5, 5.41) is 7.05. The number of hydrogen-bond acceptors (Lipinski definition) is 5. The zero-order chi connectivity index (χ0) is 21.5. The maximum Gasteiger partial charge on any atom is 0.191 e. The fourth-order valence-electron chi connectivity index (χ4n) is 3.95. The van der Waals surface area contributed by atoms with Gasteiger partial charge >= 0.3 is 0 Å². The lowest BCUT2D eigenvalue weighted by Gasteiger charge is -2.43. The third-order valence-electron chi connectivity index (χ3n) is 5.49. The number of nitrogens with one attached hydrogen (secondary N) is 2. The second-order valence-corrected chi connectivity index (χ2v) is 10.1. The third kappa shape index (κ3) is 7.98. The smallest absolute Gasteiger partial charge is 0.191 e. The molecule has 0 aliphatic carbocycles. The molecule has 6 nitrogen and oxygen atoms in total. The topological polar surface area (TPSA) is 58.1 Å². The summed E-state index contributed by atoms with van der Waals surface area (Å²) in [6.45, 7) is 14.4. The molecule has 1 aromatic rings. The van der Waals surface area contributed by atoms with E-state index in [1.165, 1.54) is 17.9 Å². The Morgan fingerprint density at radius 1 is 1.23 bits per heavy atom. The first kappa shape index (κ1) is 26.5. The molecule has 2 aliphatic rings. The Hall–Kier alpha value is -0.710. The standard InChI is InChI=1S/C23H38N4O2S.HI/c1-5-24-21(25-16-19-8-6-7-9-20(19)29-22(2,3)4)26-17-23(10-15-30-18-23)27-11-13-28-14-12-27;/h6-9H,5,10-18H2,1-4H3,(H2,24,25,26);1H. The van der Waals surface area contributed by atoms with Crippen LogP contribution in [0.5, 0.6) is 5.75 Å². The minimum atomic E-state index is -0.229. The van der Waals surface area contributed by atoms with Crippen LogP contribution in [0.1, 0.15) is 39.7 Å². The van der Waals surface area contributed by atoms with Crippen LogP contribution in [0.4, 0.5) is 0 Å². The molecule has 2 heterocycles. The number of para-hydroxylation sites is 1. The van der Waals surface area contributed by atoms with Crippen molar-refractivity contribution < 1.29 is 9.47 Å². The number of aliphatic imine (C=N–C) groups is 1. The van der Waals surface area contributed by atoms with Crippen LogP contribution >= 0.6 is 35.7 Å². The number of rotatable bonds is 7. The summed E-state index contributed by atoms with van der Waals surface area (Å²) < 4.78 is 11.7. The Kier molecular flexibility index (Phi) is 10.7. The highest BCUT2D eigenvalue weighted by atomic mass is 127. The molecular weight excluding hydrogens is 523 g/mol. The van der Waals surface area contributed by atoms with Gasteiger partial charge in [0, 0.05) is 43.0 Å². The van der Waals surface area contributed by atoms with Crippen molar-refractivity contribution in [3.05, 3.63) is 29.8 Å². The zero-order valence-electron chi connectivity index (χ0n) is 19.4. The van der Waals surface area contributed by atoms with Crippen molar-refractivity contribution in [3.8, 4) is 5.75 Å². The van der Waals surface area contributed by atoms with Gasteiger partial charge in [0.15, 0.2) is 5.96 Å². The van der Waals surface area contributed by atoms with Crippen LogP contribution in [0, 0.1) is 0 Å². The average Bonchev–Trinajstić information content (AvgIpc) is 3.21. The normalized spacial score (nSPS) is 22.6. The van der Waals surface area contributed by atoms with Gasteiger partial charge in [-0.1, -0.05) is 18.2 Å². The Balaban J connectivity index is 0.00000341. The van der Waals surface area contributed by atoms with Gasteiger partial charge < -0.3 is 20.1 Å². The van der Waals surface area contributed by atoms with Crippen molar-refractivity contribution in [2.45, 2.75) is 51.8 Å². The molecule has 1 aromatic carbocycles. The summed E-state index contributed by atoms with van der Waals surface area (Å²) in [5.41, 5.74) is 1.06. The second-order valence-electron chi connectivity index (χ2n) is 9.00. The van der Waals surface area contributed by atoms with Gasteiger partial charge in [-0.25, -0.2) is 4.99 Å². The molecule has 0 bridgehead atoms. The first-order valence-electron chi connectivity index (χ1n) is 11.1. The first-order chi connectivity index (χ1) is 14.4. The van der Waals surface area contributed by atoms with Crippen LogP contribution < -0.4 is 15.4 Å². The van der Waals surface area contributed by atoms with Gasteiger partial charge in [0.05, 0.1) is 19.8 Å². The van der Waals surface area contributed by atoms with Crippen molar-refractivity contribution in [1.82, 2.24) is 15.5 Å². The molecule has 0 aromatic heterocycles. The molecule has 1 unspecified atom stereocenters. The Morgan fingerprint density at radius 3 is 2.61 bits per heavy atom. The summed E-state index contributed by atoms with van der Waals surface area (Å²) in [6, 6.07) is 8.18. The van der Waals surface area contributed by atoms with Gasteiger partial charge in [-0.2, -0.15) is 11.8 Å². The lowest BCUT2D eigenvalue weighted by Crippen LogP contribution is -2.60. The minimum Gasteiger partial charge on any atom is -0.488 e. The quantitative estimate of drug-likeness (QED) is 0.300. The molecule has 0 amide bonds. The minimum absolute atomic E-state index is 0. The maximum absolute atomic E-state index is 6.13. The van der Waals surface area contributed by atoms with Crippen molar-refractivity contribution >= 4 is 41.7 Å². The summed E-state index contributed by atoms with van der Waals surface area (Å²) >= 11 is 2.06. The predicted molar refractivity (Wildman–Crippen MR) is 142 cm³/mol. The molecule has 0 spiro atoms. The van der Waals surface area contributed by atoms with E-state index < -0.39 is 0 Å². The third-order valence-corrected chi connectivity index (χ3v) is 6.72. The van der Waals surface area contributed by atoms with E-state index in [0.717, 1.165) is 56.7 Å². The van der Waals surface area contributed by atoms with Crippen LogP contribution in [-0.4, -0.2) is 72.9 Å². The molecule has 2 fully saturated rings. The number of morpholine rings is 1. The van der Waals surface area contributed by atoms with Crippen LogP contribution in [-0.2, 0) is 11.3 Å². The highest BCUT2D eigenvalue weighted by Gasteiger charge is 2.40. The number of ether oxygens (including phenoxy) is 2. The average molecular weight is 563 g/mol. The van der Waals surface area contributed by atoms with Gasteiger partial charge in [0.2, 0.25) is 0 Å². The first-order valence-corrected chi connectivity index (χ1v) is 12.3. The molecule has 0 radical (unpaired) electrons. The fraction of sp³-hybridized carbons (Fsp3) is 0.696. The van der Waals surface area contributed by atoms with E-state index in [-0.39, 0.29) is 35.1 Å². The summed E-state index contributed by atoms with van der Waals surface area (Å²) in [5.74, 6) is 4.17. The lowest BCUT2D eigenvalue weighted by molar-refractivity contribution is -0.0120. The van der Waals surface area contributed by atoms with E-state index >= 15 is 0 Å². The highest BCUT2D eigenvalue weighted by Crippen LogP contribution is 2.33. The Bertz CT molecular complexity index is 699.